The summed E-state index contributed by atoms with van der Waals surface area (Å²) >= 11 is 1.44. The van der Waals surface area contributed by atoms with Gasteiger partial charge in [0.15, 0.2) is 0 Å². The Morgan fingerprint density at radius 2 is 2.16 bits per heavy atom. The van der Waals surface area contributed by atoms with Gasteiger partial charge in [0, 0.05) is 5.38 Å². The van der Waals surface area contributed by atoms with Crippen molar-refractivity contribution in [2.45, 2.75) is 19.4 Å². The molecule has 0 saturated carbocycles. The zero-order chi connectivity index (χ0) is 13.7. The Kier molecular flexibility index (Phi) is 4.65. The lowest BCUT2D eigenvalue weighted by molar-refractivity contribution is 0.0912. The quantitative estimate of drug-likeness (QED) is 0.875. The number of amides is 1. The summed E-state index contributed by atoms with van der Waals surface area (Å²) in [4.78, 5) is 16.1. The van der Waals surface area contributed by atoms with Gasteiger partial charge in [0.1, 0.15) is 5.69 Å². The Hall–Kier alpha value is -1.72. The fourth-order valence-corrected chi connectivity index (χ4v) is 2.38. The van der Waals surface area contributed by atoms with Gasteiger partial charge < -0.3 is 10.4 Å². The molecule has 0 fully saturated rings. The van der Waals surface area contributed by atoms with Crippen LogP contribution in [0.15, 0.2) is 35.7 Å². The van der Waals surface area contributed by atoms with Crippen molar-refractivity contribution in [3.8, 4) is 0 Å². The molecule has 2 rings (SSSR count). The van der Waals surface area contributed by atoms with Crippen LogP contribution < -0.4 is 5.32 Å². The summed E-state index contributed by atoms with van der Waals surface area (Å²) in [6, 6.07) is 9.47. The number of hydrogen-bond acceptors (Lipinski definition) is 4. The first kappa shape index (κ1) is 13.7. The highest BCUT2D eigenvalue weighted by atomic mass is 32.1. The van der Waals surface area contributed by atoms with Crippen molar-refractivity contribution < 1.29 is 9.90 Å². The van der Waals surface area contributed by atoms with E-state index in [1.807, 2.05) is 37.3 Å². The molecule has 0 radical (unpaired) electrons. The van der Waals surface area contributed by atoms with Crippen LogP contribution in [0.2, 0.25) is 0 Å². The van der Waals surface area contributed by atoms with E-state index >= 15 is 0 Å². The van der Waals surface area contributed by atoms with E-state index in [0.717, 1.165) is 10.6 Å². The number of nitrogens with one attached hydrogen (secondary N) is 1. The number of rotatable bonds is 5. The van der Waals surface area contributed by atoms with Crippen molar-refractivity contribution in [3.63, 3.8) is 0 Å². The second-order valence-electron chi connectivity index (χ2n) is 4.29. The minimum absolute atomic E-state index is 0.0935. The SMILES string of the molecule is Cc1nc(C(=O)N[C@H](CO)Cc2ccccc2)cs1. The first-order chi connectivity index (χ1) is 9.19. The Labute approximate surface area is 116 Å². The fraction of sp³-hybridized carbons (Fsp3) is 0.286. The van der Waals surface area contributed by atoms with Crippen LogP contribution in [0.5, 0.6) is 0 Å². The maximum Gasteiger partial charge on any atom is 0.271 e. The van der Waals surface area contributed by atoms with Gasteiger partial charge >= 0.3 is 0 Å². The van der Waals surface area contributed by atoms with Crippen molar-refractivity contribution in [1.82, 2.24) is 10.3 Å². The van der Waals surface area contributed by atoms with E-state index in [1.54, 1.807) is 5.38 Å². The van der Waals surface area contributed by atoms with Gasteiger partial charge in [0.25, 0.3) is 5.91 Å². The fourth-order valence-electron chi connectivity index (χ4n) is 1.79. The molecule has 1 aromatic carbocycles. The van der Waals surface area contributed by atoms with Gasteiger partial charge in [-0.1, -0.05) is 30.3 Å². The molecule has 0 spiro atoms. The predicted molar refractivity (Wildman–Crippen MR) is 75.3 cm³/mol. The molecule has 19 heavy (non-hydrogen) atoms. The minimum Gasteiger partial charge on any atom is -0.394 e. The Bertz CT molecular complexity index is 539. The van der Waals surface area contributed by atoms with E-state index in [1.165, 1.54) is 11.3 Å². The van der Waals surface area contributed by atoms with Crippen LogP contribution in [-0.4, -0.2) is 28.6 Å². The van der Waals surface area contributed by atoms with Crippen molar-refractivity contribution in [2.75, 3.05) is 6.61 Å². The lowest BCUT2D eigenvalue weighted by atomic mass is 10.1. The third-order valence-electron chi connectivity index (χ3n) is 2.73. The number of aromatic nitrogens is 1. The zero-order valence-corrected chi connectivity index (χ0v) is 11.5. The van der Waals surface area contributed by atoms with Crippen molar-refractivity contribution in [2.24, 2.45) is 0 Å². The number of thiazole rings is 1. The van der Waals surface area contributed by atoms with Crippen molar-refractivity contribution >= 4 is 17.2 Å². The van der Waals surface area contributed by atoms with E-state index < -0.39 is 0 Å². The summed E-state index contributed by atoms with van der Waals surface area (Å²) in [6.45, 7) is 1.76. The van der Waals surface area contributed by atoms with Crippen molar-refractivity contribution in [3.05, 3.63) is 52.0 Å². The number of aliphatic hydroxyl groups excluding tert-OH is 1. The topological polar surface area (TPSA) is 62.2 Å². The van der Waals surface area contributed by atoms with Crippen LogP contribution in [0.25, 0.3) is 0 Å². The summed E-state index contributed by atoms with van der Waals surface area (Å²) in [6.07, 6.45) is 0.603. The molecule has 0 saturated heterocycles. The summed E-state index contributed by atoms with van der Waals surface area (Å²) in [5.41, 5.74) is 1.49. The maximum absolute atomic E-state index is 11.9. The van der Waals surface area contributed by atoms with Gasteiger partial charge in [0.2, 0.25) is 0 Å². The zero-order valence-electron chi connectivity index (χ0n) is 10.7. The Morgan fingerprint density at radius 3 is 2.74 bits per heavy atom. The highest BCUT2D eigenvalue weighted by molar-refractivity contribution is 7.09. The average molecular weight is 276 g/mol. The highest BCUT2D eigenvalue weighted by Gasteiger charge is 2.15. The second-order valence-corrected chi connectivity index (χ2v) is 5.36. The molecule has 0 bridgehead atoms. The Balaban J connectivity index is 1.97. The molecule has 4 nitrogen and oxygen atoms in total. The molecule has 0 aliphatic rings. The largest absolute Gasteiger partial charge is 0.394 e. The lowest BCUT2D eigenvalue weighted by Crippen LogP contribution is -2.39. The standard InChI is InChI=1S/C14H16N2O2S/c1-10-15-13(9-19-10)14(18)16-12(8-17)7-11-5-3-2-4-6-11/h2-6,9,12,17H,7-8H2,1H3,(H,16,18)/t12-/m0/s1. The smallest absolute Gasteiger partial charge is 0.271 e. The van der Waals surface area contributed by atoms with Crippen LogP contribution in [0.3, 0.4) is 0 Å². The van der Waals surface area contributed by atoms with Crippen molar-refractivity contribution in [1.29, 1.82) is 0 Å². The number of benzene rings is 1. The molecule has 1 heterocycles. The van der Waals surface area contributed by atoms with Crippen LogP contribution >= 0.6 is 11.3 Å². The van der Waals surface area contributed by atoms with Gasteiger partial charge in [-0.2, -0.15) is 0 Å². The van der Waals surface area contributed by atoms with E-state index in [2.05, 4.69) is 10.3 Å². The maximum atomic E-state index is 11.9. The number of nitrogens with zero attached hydrogens (tertiary/aromatic N) is 1. The van der Waals surface area contributed by atoms with E-state index in [4.69, 9.17) is 0 Å². The molecule has 2 aromatic rings. The normalized spacial score (nSPS) is 12.1. The van der Waals surface area contributed by atoms with Crippen LogP contribution in [-0.2, 0) is 6.42 Å². The summed E-state index contributed by atoms with van der Waals surface area (Å²) in [7, 11) is 0. The molecule has 2 N–H and O–H groups in total. The number of aryl methyl sites for hydroxylation is 1. The van der Waals surface area contributed by atoms with Crippen LogP contribution in [0, 0.1) is 6.92 Å². The monoisotopic (exact) mass is 276 g/mol. The van der Waals surface area contributed by atoms with Gasteiger partial charge in [-0.25, -0.2) is 4.98 Å². The Morgan fingerprint density at radius 1 is 1.42 bits per heavy atom. The summed E-state index contributed by atoms with van der Waals surface area (Å²) < 4.78 is 0. The first-order valence-electron chi connectivity index (χ1n) is 6.07. The molecule has 1 atom stereocenters. The van der Waals surface area contributed by atoms with Crippen LogP contribution in [0.4, 0.5) is 0 Å². The molecular formula is C14H16N2O2S. The molecule has 1 aromatic heterocycles. The average Bonchev–Trinajstić information content (AvgIpc) is 2.86. The minimum atomic E-state index is -0.295. The molecule has 1 amide bonds. The van der Waals surface area contributed by atoms with Gasteiger partial charge in [-0.05, 0) is 18.9 Å². The molecule has 0 aliphatic carbocycles. The predicted octanol–water partition coefficient (Wildman–Crippen LogP) is 1.78. The third-order valence-corrected chi connectivity index (χ3v) is 3.51. The number of hydrogen-bond donors (Lipinski definition) is 2. The molecule has 0 aliphatic heterocycles. The number of carbonyl (C=O) groups excluding carboxylic acids is 1. The molecule has 0 unspecified atom stereocenters. The molecule has 5 heteroatoms. The van der Waals surface area contributed by atoms with Crippen LogP contribution in [0.1, 0.15) is 21.1 Å². The van der Waals surface area contributed by atoms with Gasteiger partial charge in [-0.15, -0.1) is 11.3 Å². The van der Waals surface area contributed by atoms with E-state index in [-0.39, 0.29) is 18.6 Å². The number of aliphatic hydroxyl groups is 1. The van der Waals surface area contributed by atoms with E-state index in [0.29, 0.717) is 12.1 Å². The van der Waals surface area contributed by atoms with Gasteiger partial charge in [0.05, 0.1) is 17.7 Å². The lowest BCUT2D eigenvalue weighted by Gasteiger charge is -2.15. The molecule has 100 valence electrons. The highest BCUT2D eigenvalue weighted by Crippen LogP contribution is 2.09. The first-order valence-corrected chi connectivity index (χ1v) is 6.95. The van der Waals surface area contributed by atoms with E-state index in [9.17, 15) is 9.90 Å². The summed E-state index contributed by atoms with van der Waals surface area (Å²) in [5.74, 6) is -0.237. The third kappa shape index (κ3) is 3.87. The molecular weight excluding hydrogens is 260 g/mol. The van der Waals surface area contributed by atoms with Gasteiger partial charge in [-0.3, -0.25) is 4.79 Å². The summed E-state index contributed by atoms with van der Waals surface area (Å²) in [5, 5.41) is 14.7. The number of carbonyl (C=O) groups is 1. The second kappa shape index (κ2) is 6.45.